The first-order chi connectivity index (χ1) is 12.9. The number of alkyl halides is 1. The number of Topliss-reactive ketones (excluding diaryl/α,β-unsaturated/α-hetero) is 1. The molecule has 7 nitrogen and oxygen atoms in total. The van der Waals surface area contributed by atoms with Crippen LogP contribution in [0.15, 0.2) is 0 Å². The molecular weight excluding hydrogens is 367 g/mol. The van der Waals surface area contributed by atoms with E-state index in [1.54, 1.807) is 20.8 Å². The summed E-state index contributed by atoms with van der Waals surface area (Å²) in [6.45, 7) is 8.07. The number of ether oxygens (including phenoxy) is 1. The first kappa shape index (κ1) is 24.0. The van der Waals surface area contributed by atoms with E-state index in [0.717, 1.165) is 4.90 Å². The van der Waals surface area contributed by atoms with Crippen LogP contribution in [-0.4, -0.2) is 60.4 Å². The van der Waals surface area contributed by atoms with Crippen LogP contribution in [0.5, 0.6) is 0 Å². The van der Waals surface area contributed by atoms with Crippen LogP contribution in [0, 0.1) is 17.8 Å². The summed E-state index contributed by atoms with van der Waals surface area (Å²) >= 11 is 0. The monoisotopic (exact) mass is 400 g/mol. The Bertz CT molecular complexity index is 586. The van der Waals surface area contributed by atoms with Crippen LogP contribution in [0.3, 0.4) is 0 Å². The van der Waals surface area contributed by atoms with E-state index in [4.69, 9.17) is 4.74 Å². The average molecular weight is 400 g/mol. The van der Waals surface area contributed by atoms with Gasteiger partial charge in [-0.15, -0.1) is 0 Å². The van der Waals surface area contributed by atoms with Crippen LogP contribution in [0.4, 0.5) is 4.39 Å². The zero-order valence-corrected chi connectivity index (χ0v) is 17.5. The summed E-state index contributed by atoms with van der Waals surface area (Å²) in [5, 5.41) is 2.67. The summed E-state index contributed by atoms with van der Waals surface area (Å²) in [5.74, 6) is -2.74. The predicted molar refractivity (Wildman–Crippen MR) is 102 cm³/mol. The summed E-state index contributed by atoms with van der Waals surface area (Å²) in [4.78, 5) is 49.9. The minimum atomic E-state index is -1.23. The number of hydrogen-bond acceptors (Lipinski definition) is 5. The van der Waals surface area contributed by atoms with Crippen molar-refractivity contribution in [2.45, 2.75) is 59.5 Å². The Morgan fingerprint density at radius 2 is 1.93 bits per heavy atom. The lowest BCUT2D eigenvalue weighted by Gasteiger charge is -2.27. The second-order valence-corrected chi connectivity index (χ2v) is 8.77. The Kier molecular flexibility index (Phi) is 9.04. The van der Waals surface area contributed by atoms with Gasteiger partial charge in [0.05, 0.1) is 18.9 Å². The van der Waals surface area contributed by atoms with Gasteiger partial charge in [0.2, 0.25) is 5.91 Å². The molecule has 2 atom stereocenters. The van der Waals surface area contributed by atoms with E-state index in [-0.39, 0.29) is 37.1 Å². The maximum atomic E-state index is 13.0. The molecule has 0 radical (unpaired) electrons. The topological polar surface area (TPSA) is 92.8 Å². The predicted octanol–water partition coefficient (Wildman–Crippen LogP) is 1.88. The van der Waals surface area contributed by atoms with Crippen molar-refractivity contribution in [1.29, 1.82) is 0 Å². The fourth-order valence-corrected chi connectivity index (χ4v) is 3.22. The second-order valence-electron chi connectivity index (χ2n) is 8.77. The molecular formula is C20H33FN2O5. The summed E-state index contributed by atoms with van der Waals surface area (Å²) in [6.07, 6.45) is 0.909. The molecule has 0 saturated carbocycles. The highest BCUT2D eigenvalue weighted by molar-refractivity contribution is 5.90. The molecule has 0 aromatic carbocycles. The average Bonchev–Trinajstić information content (AvgIpc) is 2.95. The Hall–Kier alpha value is -1.99. The van der Waals surface area contributed by atoms with Gasteiger partial charge in [-0.1, -0.05) is 13.8 Å². The molecule has 1 aliphatic heterocycles. The number of nitrogens with zero attached hydrogens (tertiary/aromatic N) is 1. The summed E-state index contributed by atoms with van der Waals surface area (Å²) < 4.78 is 18.3. The van der Waals surface area contributed by atoms with E-state index in [9.17, 15) is 23.6 Å². The molecule has 0 aliphatic carbocycles. The lowest BCUT2D eigenvalue weighted by molar-refractivity contribution is -0.157. The minimum absolute atomic E-state index is 0.00115. The van der Waals surface area contributed by atoms with Crippen LogP contribution < -0.4 is 5.32 Å². The van der Waals surface area contributed by atoms with Crippen molar-refractivity contribution in [3.63, 3.8) is 0 Å². The molecule has 1 heterocycles. The number of rotatable bonds is 10. The smallest absolute Gasteiger partial charge is 0.307 e. The van der Waals surface area contributed by atoms with Crippen LogP contribution in [0.2, 0.25) is 0 Å². The summed E-state index contributed by atoms with van der Waals surface area (Å²) in [6, 6.07) is 0. The molecule has 8 heteroatoms. The van der Waals surface area contributed by atoms with Crippen molar-refractivity contribution in [2.24, 2.45) is 17.8 Å². The van der Waals surface area contributed by atoms with Crippen LogP contribution in [-0.2, 0) is 23.9 Å². The second kappa shape index (κ2) is 10.5. The van der Waals surface area contributed by atoms with Gasteiger partial charge in [-0.2, -0.15) is 0 Å². The first-order valence-electron chi connectivity index (χ1n) is 9.79. The molecule has 0 aromatic rings. The van der Waals surface area contributed by atoms with Crippen LogP contribution in [0.1, 0.15) is 53.9 Å². The molecule has 1 rings (SSSR count). The number of nitrogens with one attached hydrogen (secondary N) is 1. The van der Waals surface area contributed by atoms with Gasteiger partial charge in [0.1, 0.15) is 5.60 Å². The molecule has 0 spiro atoms. The Balaban J connectivity index is 2.83. The highest BCUT2D eigenvalue weighted by Gasteiger charge is 2.32. The third-order valence-electron chi connectivity index (χ3n) is 4.46. The van der Waals surface area contributed by atoms with Gasteiger partial charge in [0.25, 0.3) is 5.91 Å². The van der Waals surface area contributed by atoms with Crippen molar-refractivity contribution in [3.05, 3.63) is 0 Å². The summed E-state index contributed by atoms with van der Waals surface area (Å²) in [5.41, 5.74) is -0.658. The number of halogens is 1. The van der Waals surface area contributed by atoms with E-state index < -0.39 is 36.0 Å². The van der Waals surface area contributed by atoms with Gasteiger partial charge in [0, 0.05) is 19.0 Å². The highest BCUT2D eigenvalue weighted by Crippen LogP contribution is 2.21. The number of ketones is 1. The fraction of sp³-hybridized carbons (Fsp3) is 0.800. The van der Waals surface area contributed by atoms with E-state index in [0.29, 0.717) is 19.4 Å². The Morgan fingerprint density at radius 3 is 2.39 bits per heavy atom. The maximum absolute atomic E-state index is 13.0. The van der Waals surface area contributed by atoms with Crippen LogP contribution >= 0.6 is 0 Å². The molecule has 160 valence electrons. The van der Waals surface area contributed by atoms with Crippen molar-refractivity contribution < 1.29 is 28.3 Å². The SMILES string of the molecule is CC(C)C[C@H](CC(=O)OC(C)(C)C)C(=O)CN(C[C@@H]1CCNC1=O)C(=O)CF. The van der Waals surface area contributed by atoms with Gasteiger partial charge in [-0.3, -0.25) is 19.2 Å². The van der Waals surface area contributed by atoms with E-state index in [2.05, 4.69) is 5.32 Å². The molecule has 1 fully saturated rings. The van der Waals surface area contributed by atoms with E-state index in [1.807, 2.05) is 13.8 Å². The van der Waals surface area contributed by atoms with Crippen LogP contribution in [0.25, 0.3) is 0 Å². The molecule has 1 aliphatic rings. The van der Waals surface area contributed by atoms with Gasteiger partial charge >= 0.3 is 5.97 Å². The molecule has 0 aromatic heterocycles. The van der Waals surface area contributed by atoms with Gasteiger partial charge in [-0.25, -0.2) is 4.39 Å². The number of hydrogen-bond donors (Lipinski definition) is 1. The van der Waals surface area contributed by atoms with E-state index in [1.165, 1.54) is 0 Å². The molecule has 2 amide bonds. The van der Waals surface area contributed by atoms with Gasteiger partial charge in [0.15, 0.2) is 12.5 Å². The molecule has 28 heavy (non-hydrogen) atoms. The quantitative estimate of drug-likeness (QED) is 0.565. The zero-order chi connectivity index (χ0) is 21.5. The maximum Gasteiger partial charge on any atom is 0.307 e. The Labute approximate surface area is 166 Å². The number of esters is 1. The van der Waals surface area contributed by atoms with Gasteiger partial charge < -0.3 is 15.0 Å². The van der Waals surface area contributed by atoms with Crippen molar-refractivity contribution >= 4 is 23.6 Å². The van der Waals surface area contributed by atoms with Crippen molar-refractivity contribution in [2.75, 3.05) is 26.3 Å². The third-order valence-corrected chi connectivity index (χ3v) is 4.46. The number of amides is 2. The molecule has 0 unspecified atom stereocenters. The fourth-order valence-electron chi connectivity index (χ4n) is 3.22. The molecule has 1 saturated heterocycles. The van der Waals surface area contributed by atoms with Crippen molar-refractivity contribution in [1.82, 2.24) is 10.2 Å². The normalized spacial score (nSPS) is 18.0. The highest BCUT2D eigenvalue weighted by atomic mass is 19.1. The molecule has 0 bridgehead atoms. The number of carbonyl (C=O) groups excluding carboxylic acids is 4. The lowest BCUT2D eigenvalue weighted by atomic mass is 9.90. The largest absolute Gasteiger partial charge is 0.460 e. The third kappa shape index (κ3) is 8.35. The van der Waals surface area contributed by atoms with Gasteiger partial charge in [-0.05, 0) is 39.5 Å². The summed E-state index contributed by atoms with van der Waals surface area (Å²) in [7, 11) is 0. The lowest BCUT2D eigenvalue weighted by Crippen LogP contribution is -2.43. The number of carbonyl (C=O) groups is 4. The molecule has 1 N–H and O–H groups in total. The first-order valence-corrected chi connectivity index (χ1v) is 9.79. The Morgan fingerprint density at radius 1 is 1.29 bits per heavy atom. The van der Waals surface area contributed by atoms with Crippen molar-refractivity contribution in [3.8, 4) is 0 Å². The standard InChI is InChI=1S/C20H33FN2O5/c1-13(2)8-15(9-18(26)28-20(3,4)5)16(24)12-23(17(25)10-21)11-14-6-7-22-19(14)27/h13-15H,6-12H2,1-5H3,(H,22,27)/t14-,15+/m0/s1. The van der Waals surface area contributed by atoms with E-state index >= 15 is 0 Å². The minimum Gasteiger partial charge on any atom is -0.460 e. The zero-order valence-electron chi connectivity index (χ0n) is 17.5.